The van der Waals surface area contributed by atoms with Gasteiger partial charge in [0.25, 0.3) is 0 Å². The number of fused-ring (bicyclic) bond motifs is 1. The third-order valence-corrected chi connectivity index (χ3v) is 3.81. The van der Waals surface area contributed by atoms with Gasteiger partial charge in [-0.05, 0) is 44.7 Å². The van der Waals surface area contributed by atoms with Gasteiger partial charge in [-0.3, -0.25) is 0 Å². The molecule has 106 valence electrons. The second-order valence-corrected chi connectivity index (χ2v) is 5.68. The maximum atomic E-state index is 5.82. The molecule has 0 unspecified atom stereocenters. The summed E-state index contributed by atoms with van der Waals surface area (Å²) in [6, 6.07) is 2.16. The van der Waals surface area contributed by atoms with Crippen LogP contribution in [0.1, 0.15) is 43.5 Å². The molecule has 1 heterocycles. The van der Waals surface area contributed by atoms with E-state index in [2.05, 4.69) is 24.9 Å². The molecule has 0 radical (unpaired) electrons. The van der Waals surface area contributed by atoms with E-state index in [9.17, 15) is 0 Å². The standard InChI is InChI=1S/C15H24N2O2/c1-15(2,18-3)7-8-19-14-12(10-16)9-11-5-4-6-13(11)17-14/h9H,4-8,10,16H2,1-3H3. The summed E-state index contributed by atoms with van der Waals surface area (Å²) in [6.07, 6.45) is 4.19. The number of aromatic nitrogens is 1. The molecule has 2 rings (SSSR count). The van der Waals surface area contributed by atoms with E-state index in [-0.39, 0.29) is 5.60 Å². The Bertz CT molecular complexity index is 444. The molecular formula is C15H24N2O2. The second kappa shape index (κ2) is 5.88. The third kappa shape index (κ3) is 3.45. The summed E-state index contributed by atoms with van der Waals surface area (Å²) in [4.78, 5) is 4.63. The molecule has 0 saturated heterocycles. The zero-order valence-corrected chi connectivity index (χ0v) is 12.2. The first-order valence-corrected chi connectivity index (χ1v) is 6.95. The number of aryl methyl sites for hydroxylation is 2. The summed E-state index contributed by atoms with van der Waals surface area (Å²) in [5.74, 6) is 0.704. The molecule has 0 saturated carbocycles. The zero-order chi connectivity index (χ0) is 13.9. The van der Waals surface area contributed by atoms with Crippen LogP contribution in [0.2, 0.25) is 0 Å². The fourth-order valence-electron chi connectivity index (χ4n) is 2.27. The van der Waals surface area contributed by atoms with Gasteiger partial charge in [0, 0.05) is 31.3 Å². The van der Waals surface area contributed by atoms with Crippen molar-refractivity contribution in [2.75, 3.05) is 13.7 Å². The number of nitrogens with two attached hydrogens (primary N) is 1. The highest BCUT2D eigenvalue weighted by Gasteiger charge is 2.19. The first-order valence-electron chi connectivity index (χ1n) is 6.95. The Morgan fingerprint density at radius 3 is 2.84 bits per heavy atom. The SMILES string of the molecule is COC(C)(C)CCOc1nc2c(cc1CN)CCC2. The third-order valence-electron chi connectivity index (χ3n) is 3.81. The first kappa shape index (κ1) is 14.3. The van der Waals surface area contributed by atoms with Crippen molar-refractivity contribution in [2.45, 2.75) is 51.7 Å². The van der Waals surface area contributed by atoms with Gasteiger partial charge in [0.1, 0.15) is 0 Å². The van der Waals surface area contributed by atoms with Gasteiger partial charge in [0.05, 0.1) is 12.2 Å². The number of hydrogen-bond donors (Lipinski definition) is 1. The molecule has 19 heavy (non-hydrogen) atoms. The van der Waals surface area contributed by atoms with E-state index in [1.165, 1.54) is 17.7 Å². The Labute approximate surface area is 115 Å². The monoisotopic (exact) mass is 264 g/mol. The van der Waals surface area contributed by atoms with Crippen molar-refractivity contribution in [3.05, 3.63) is 22.9 Å². The van der Waals surface area contributed by atoms with Gasteiger partial charge < -0.3 is 15.2 Å². The maximum Gasteiger partial charge on any atom is 0.218 e. The molecule has 1 aliphatic rings. The minimum Gasteiger partial charge on any atom is -0.477 e. The Morgan fingerprint density at radius 2 is 2.16 bits per heavy atom. The summed E-state index contributed by atoms with van der Waals surface area (Å²) < 4.78 is 11.2. The fraction of sp³-hybridized carbons (Fsp3) is 0.667. The highest BCUT2D eigenvalue weighted by molar-refractivity contribution is 5.36. The normalized spacial score (nSPS) is 14.5. The van der Waals surface area contributed by atoms with Crippen LogP contribution in [0.4, 0.5) is 0 Å². The maximum absolute atomic E-state index is 5.82. The highest BCUT2D eigenvalue weighted by Crippen LogP contribution is 2.26. The average Bonchev–Trinajstić information content (AvgIpc) is 2.84. The number of methoxy groups -OCH3 is 1. The van der Waals surface area contributed by atoms with Gasteiger partial charge in [-0.1, -0.05) is 0 Å². The van der Waals surface area contributed by atoms with E-state index in [1.807, 2.05) is 0 Å². The van der Waals surface area contributed by atoms with Crippen LogP contribution in [0.5, 0.6) is 5.88 Å². The molecule has 0 spiro atoms. The topological polar surface area (TPSA) is 57.4 Å². The molecule has 0 bridgehead atoms. The molecule has 1 aromatic heterocycles. The van der Waals surface area contributed by atoms with Gasteiger partial charge >= 0.3 is 0 Å². The molecule has 4 heteroatoms. The Hall–Kier alpha value is -1.13. The quantitative estimate of drug-likeness (QED) is 0.856. The summed E-state index contributed by atoms with van der Waals surface area (Å²) in [5.41, 5.74) is 9.14. The van der Waals surface area contributed by atoms with Gasteiger partial charge in [-0.25, -0.2) is 4.98 Å². The van der Waals surface area contributed by atoms with Gasteiger partial charge in [0.15, 0.2) is 0 Å². The Balaban J connectivity index is 2.03. The van der Waals surface area contributed by atoms with Crippen LogP contribution in [-0.4, -0.2) is 24.3 Å². The van der Waals surface area contributed by atoms with Crippen molar-refractivity contribution in [3.8, 4) is 5.88 Å². The van der Waals surface area contributed by atoms with Crippen molar-refractivity contribution < 1.29 is 9.47 Å². The lowest BCUT2D eigenvalue weighted by atomic mass is 10.1. The van der Waals surface area contributed by atoms with E-state index >= 15 is 0 Å². The van der Waals surface area contributed by atoms with Crippen molar-refractivity contribution in [1.29, 1.82) is 0 Å². The van der Waals surface area contributed by atoms with Crippen molar-refractivity contribution in [2.24, 2.45) is 5.73 Å². The smallest absolute Gasteiger partial charge is 0.218 e. The van der Waals surface area contributed by atoms with Crippen LogP contribution in [-0.2, 0) is 24.1 Å². The van der Waals surface area contributed by atoms with Gasteiger partial charge in [-0.15, -0.1) is 0 Å². The van der Waals surface area contributed by atoms with Gasteiger partial charge in [-0.2, -0.15) is 0 Å². The minimum atomic E-state index is -0.167. The predicted octanol–water partition coefficient (Wildman–Crippen LogP) is 2.22. The van der Waals surface area contributed by atoms with E-state index in [0.29, 0.717) is 19.0 Å². The number of ether oxygens (including phenoxy) is 2. The van der Waals surface area contributed by atoms with Crippen LogP contribution < -0.4 is 10.5 Å². The summed E-state index contributed by atoms with van der Waals surface area (Å²) in [7, 11) is 1.72. The average molecular weight is 264 g/mol. The summed E-state index contributed by atoms with van der Waals surface area (Å²) in [6.45, 7) is 5.18. The molecular weight excluding hydrogens is 240 g/mol. The molecule has 0 aromatic carbocycles. The number of hydrogen-bond acceptors (Lipinski definition) is 4. The molecule has 4 nitrogen and oxygen atoms in total. The molecule has 1 aliphatic carbocycles. The van der Waals surface area contributed by atoms with Crippen LogP contribution >= 0.6 is 0 Å². The molecule has 0 atom stereocenters. The van der Waals surface area contributed by atoms with Crippen molar-refractivity contribution in [1.82, 2.24) is 4.98 Å². The number of nitrogens with zero attached hydrogens (tertiary/aromatic N) is 1. The molecule has 0 aliphatic heterocycles. The number of rotatable bonds is 6. The zero-order valence-electron chi connectivity index (χ0n) is 12.2. The van der Waals surface area contributed by atoms with E-state index in [4.69, 9.17) is 15.2 Å². The molecule has 2 N–H and O–H groups in total. The van der Waals surface area contributed by atoms with Crippen molar-refractivity contribution in [3.63, 3.8) is 0 Å². The first-order chi connectivity index (χ1) is 9.05. The Morgan fingerprint density at radius 1 is 1.37 bits per heavy atom. The number of pyridine rings is 1. The largest absolute Gasteiger partial charge is 0.477 e. The molecule has 1 aromatic rings. The lowest BCUT2D eigenvalue weighted by Gasteiger charge is -2.22. The van der Waals surface area contributed by atoms with E-state index in [0.717, 1.165) is 24.8 Å². The highest BCUT2D eigenvalue weighted by atomic mass is 16.5. The van der Waals surface area contributed by atoms with Crippen LogP contribution in [0.3, 0.4) is 0 Å². The van der Waals surface area contributed by atoms with Crippen LogP contribution in [0.25, 0.3) is 0 Å². The Kier molecular flexibility index (Phi) is 4.42. The second-order valence-electron chi connectivity index (χ2n) is 5.68. The van der Waals surface area contributed by atoms with Gasteiger partial charge in [0.2, 0.25) is 5.88 Å². The fourth-order valence-corrected chi connectivity index (χ4v) is 2.27. The van der Waals surface area contributed by atoms with E-state index in [1.54, 1.807) is 7.11 Å². The van der Waals surface area contributed by atoms with Crippen LogP contribution in [0.15, 0.2) is 6.07 Å². The van der Waals surface area contributed by atoms with Crippen LogP contribution in [0, 0.1) is 0 Å². The van der Waals surface area contributed by atoms with E-state index < -0.39 is 0 Å². The summed E-state index contributed by atoms with van der Waals surface area (Å²) in [5, 5.41) is 0. The minimum absolute atomic E-state index is 0.167. The molecule has 0 amide bonds. The summed E-state index contributed by atoms with van der Waals surface area (Å²) >= 11 is 0. The van der Waals surface area contributed by atoms with Crippen molar-refractivity contribution >= 4 is 0 Å². The lowest BCUT2D eigenvalue weighted by Crippen LogP contribution is -2.25. The lowest BCUT2D eigenvalue weighted by molar-refractivity contribution is 0.00499. The molecule has 0 fully saturated rings. The predicted molar refractivity (Wildman–Crippen MR) is 75.4 cm³/mol.